The van der Waals surface area contributed by atoms with Gasteiger partial charge in [-0.2, -0.15) is 0 Å². The van der Waals surface area contributed by atoms with Crippen LogP contribution in [0.4, 0.5) is 0 Å². The van der Waals surface area contributed by atoms with Crippen LogP contribution in [0.2, 0.25) is 0 Å². The first-order chi connectivity index (χ1) is 10.6. The van der Waals surface area contributed by atoms with Crippen LogP contribution < -0.4 is 5.32 Å². The van der Waals surface area contributed by atoms with Crippen molar-refractivity contribution in [2.24, 2.45) is 0 Å². The Morgan fingerprint density at radius 3 is 2.50 bits per heavy atom. The van der Waals surface area contributed by atoms with Crippen molar-refractivity contribution in [2.45, 2.75) is 19.0 Å². The number of hydrogen-bond donors (Lipinski definition) is 3. The maximum Gasteiger partial charge on any atom is 0.335 e. The zero-order chi connectivity index (χ0) is 15.9. The van der Waals surface area contributed by atoms with Gasteiger partial charge in [-0.3, -0.25) is 0 Å². The summed E-state index contributed by atoms with van der Waals surface area (Å²) >= 11 is 3.39. The van der Waals surface area contributed by atoms with Gasteiger partial charge in [-0.1, -0.05) is 52.3 Å². The van der Waals surface area contributed by atoms with Gasteiger partial charge in [0.1, 0.15) is 0 Å². The van der Waals surface area contributed by atoms with Gasteiger partial charge < -0.3 is 15.5 Å². The Bertz CT molecular complexity index is 631. The molecule has 3 N–H and O–H groups in total. The SMILES string of the molecule is O=C(O)c1ccc(CNC(CO)Cc2ccccc2)c(Br)c1. The molecule has 5 heteroatoms. The van der Waals surface area contributed by atoms with Crippen molar-refractivity contribution >= 4 is 21.9 Å². The number of hydrogen-bond acceptors (Lipinski definition) is 3. The van der Waals surface area contributed by atoms with E-state index in [1.165, 1.54) is 0 Å². The molecule has 0 spiro atoms. The molecule has 2 aromatic carbocycles. The second-order valence-corrected chi connectivity index (χ2v) is 5.92. The second kappa shape index (κ2) is 8.08. The van der Waals surface area contributed by atoms with Crippen LogP contribution in [-0.4, -0.2) is 28.8 Å². The molecule has 0 aliphatic rings. The summed E-state index contributed by atoms with van der Waals surface area (Å²) in [6.45, 7) is 0.596. The summed E-state index contributed by atoms with van der Waals surface area (Å²) in [7, 11) is 0. The van der Waals surface area contributed by atoms with Crippen LogP contribution in [0, 0.1) is 0 Å². The largest absolute Gasteiger partial charge is 0.478 e. The molecule has 0 radical (unpaired) electrons. The number of carboxylic acid groups (broad SMARTS) is 1. The molecular formula is C17H18BrNO3. The highest BCUT2D eigenvalue weighted by atomic mass is 79.9. The van der Waals surface area contributed by atoms with Gasteiger partial charge in [-0.15, -0.1) is 0 Å². The minimum absolute atomic E-state index is 0.0414. The van der Waals surface area contributed by atoms with Crippen molar-refractivity contribution < 1.29 is 15.0 Å². The predicted molar refractivity (Wildman–Crippen MR) is 89.0 cm³/mol. The van der Waals surface area contributed by atoms with E-state index >= 15 is 0 Å². The van der Waals surface area contributed by atoms with Crippen molar-refractivity contribution in [3.63, 3.8) is 0 Å². The smallest absolute Gasteiger partial charge is 0.335 e. The summed E-state index contributed by atoms with van der Waals surface area (Å²) < 4.78 is 0.747. The Balaban J connectivity index is 1.97. The Morgan fingerprint density at radius 2 is 1.91 bits per heavy atom. The number of carboxylic acids is 1. The normalized spacial score (nSPS) is 12.1. The molecule has 0 amide bonds. The molecule has 22 heavy (non-hydrogen) atoms. The highest BCUT2D eigenvalue weighted by Gasteiger charge is 2.10. The molecule has 1 atom stereocenters. The fraction of sp³-hybridized carbons (Fsp3) is 0.235. The van der Waals surface area contributed by atoms with Gasteiger partial charge in [0.2, 0.25) is 0 Å². The third-order valence-electron chi connectivity index (χ3n) is 3.43. The van der Waals surface area contributed by atoms with E-state index in [0.29, 0.717) is 6.54 Å². The number of aliphatic hydroxyl groups excluding tert-OH is 1. The molecule has 0 heterocycles. The van der Waals surface area contributed by atoms with Gasteiger partial charge in [0, 0.05) is 17.1 Å². The lowest BCUT2D eigenvalue weighted by Gasteiger charge is -2.17. The van der Waals surface area contributed by atoms with Crippen molar-refractivity contribution in [3.8, 4) is 0 Å². The first kappa shape index (κ1) is 16.7. The van der Waals surface area contributed by atoms with Crippen LogP contribution >= 0.6 is 15.9 Å². The lowest BCUT2D eigenvalue weighted by molar-refractivity contribution is 0.0697. The van der Waals surface area contributed by atoms with Gasteiger partial charge in [0.15, 0.2) is 0 Å². The van der Waals surface area contributed by atoms with E-state index in [0.717, 1.165) is 22.0 Å². The summed E-state index contributed by atoms with van der Waals surface area (Å²) in [6, 6.07) is 14.9. The number of benzene rings is 2. The van der Waals surface area contributed by atoms with E-state index in [4.69, 9.17) is 5.11 Å². The molecule has 2 aromatic rings. The third-order valence-corrected chi connectivity index (χ3v) is 4.16. The molecule has 0 saturated carbocycles. The predicted octanol–water partition coefficient (Wildman–Crippen LogP) is 2.84. The number of aromatic carboxylic acids is 1. The minimum atomic E-state index is -0.947. The highest BCUT2D eigenvalue weighted by molar-refractivity contribution is 9.10. The van der Waals surface area contributed by atoms with Crippen LogP contribution in [0.5, 0.6) is 0 Å². The molecule has 0 aromatic heterocycles. The fourth-order valence-corrected chi connectivity index (χ4v) is 2.70. The number of aliphatic hydroxyl groups is 1. The Kier molecular flexibility index (Phi) is 6.12. The summed E-state index contributed by atoms with van der Waals surface area (Å²) in [5.41, 5.74) is 2.37. The molecule has 4 nitrogen and oxygen atoms in total. The molecule has 0 aliphatic carbocycles. The third kappa shape index (κ3) is 4.66. The maximum absolute atomic E-state index is 10.9. The van der Waals surface area contributed by atoms with Gasteiger partial charge in [-0.25, -0.2) is 4.79 Å². The summed E-state index contributed by atoms with van der Waals surface area (Å²) in [4.78, 5) is 10.9. The van der Waals surface area contributed by atoms with Crippen LogP contribution in [0.15, 0.2) is 53.0 Å². The first-order valence-electron chi connectivity index (χ1n) is 7.00. The summed E-state index contributed by atoms with van der Waals surface area (Å²) in [6.07, 6.45) is 0.738. The van der Waals surface area contributed by atoms with Gasteiger partial charge in [0.05, 0.1) is 12.2 Å². The molecule has 1 unspecified atom stereocenters. The minimum Gasteiger partial charge on any atom is -0.478 e. The van der Waals surface area contributed by atoms with E-state index in [1.54, 1.807) is 18.2 Å². The lowest BCUT2D eigenvalue weighted by atomic mass is 10.1. The van der Waals surface area contributed by atoms with Crippen molar-refractivity contribution in [1.82, 2.24) is 5.32 Å². The van der Waals surface area contributed by atoms with Crippen LogP contribution in [0.1, 0.15) is 21.5 Å². The van der Waals surface area contributed by atoms with E-state index in [9.17, 15) is 9.90 Å². The van der Waals surface area contributed by atoms with Crippen LogP contribution in [-0.2, 0) is 13.0 Å². The Morgan fingerprint density at radius 1 is 1.18 bits per heavy atom. The first-order valence-corrected chi connectivity index (χ1v) is 7.79. The van der Waals surface area contributed by atoms with Crippen molar-refractivity contribution in [1.29, 1.82) is 0 Å². The molecular weight excluding hydrogens is 346 g/mol. The van der Waals surface area contributed by atoms with Crippen molar-refractivity contribution in [3.05, 3.63) is 69.7 Å². The molecule has 2 rings (SSSR count). The molecule has 116 valence electrons. The molecule has 0 saturated heterocycles. The second-order valence-electron chi connectivity index (χ2n) is 5.06. The standard InChI is InChI=1S/C17H18BrNO3/c18-16-9-13(17(21)22)6-7-14(16)10-19-15(11-20)8-12-4-2-1-3-5-12/h1-7,9,15,19-20H,8,10-11H2,(H,21,22). The molecule has 0 aliphatic heterocycles. The van der Waals surface area contributed by atoms with E-state index in [2.05, 4.69) is 21.2 Å². The van der Waals surface area contributed by atoms with E-state index in [1.807, 2.05) is 30.3 Å². The quantitative estimate of drug-likeness (QED) is 0.707. The van der Waals surface area contributed by atoms with Crippen molar-refractivity contribution in [2.75, 3.05) is 6.61 Å². The molecule has 0 bridgehead atoms. The summed E-state index contributed by atoms with van der Waals surface area (Å²) in [5, 5.41) is 21.7. The Hall–Kier alpha value is -1.69. The van der Waals surface area contributed by atoms with Gasteiger partial charge in [-0.05, 0) is 29.7 Å². The lowest BCUT2D eigenvalue weighted by Crippen LogP contribution is -2.34. The molecule has 0 fully saturated rings. The topological polar surface area (TPSA) is 69.6 Å². The maximum atomic E-state index is 10.9. The Labute approximate surface area is 137 Å². The average Bonchev–Trinajstić information content (AvgIpc) is 2.53. The zero-order valence-corrected chi connectivity index (χ0v) is 13.6. The fourth-order valence-electron chi connectivity index (χ4n) is 2.18. The zero-order valence-electron chi connectivity index (χ0n) is 12.0. The number of nitrogens with one attached hydrogen (secondary N) is 1. The highest BCUT2D eigenvalue weighted by Crippen LogP contribution is 2.19. The van der Waals surface area contributed by atoms with Gasteiger partial charge >= 0.3 is 5.97 Å². The van der Waals surface area contributed by atoms with Gasteiger partial charge in [0.25, 0.3) is 0 Å². The van der Waals surface area contributed by atoms with Crippen LogP contribution in [0.25, 0.3) is 0 Å². The number of carbonyl (C=O) groups is 1. The summed E-state index contributed by atoms with van der Waals surface area (Å²) in [5.74, 6) is -0.947. The van der Waals surface area contributed by atoms with E-state index < -0.39 is 5.97 Å². The van der Waals surface area contributed by atoms with E-state index in [-0.39, 0.29) is 18.2 Å². The number of halogens is 1. The van der Waals surface area contributed by atoms with Crippen LogP contribution in [0.3, 0.4) is 0 Å². The number of rotatable bonds is 7. The average molecular weight is 364 g/mol. The monoisotopic (exact) mass is 363 g/mol.